The molecule has 0 heterocycles. The van der Waals surface area contributed by atoms with Crippen molar-refractivity contribution in [3.63, 3.8) is 0 Å². The lowest BCUT2D eigenvalue weighted by Gasteiger charge is -2.24. The highest BCUT2D eigenvalue weighted by Gasteiger charge is 2.21. The van der Waals surface area contributed by atoms with Gasteiger partial charge >= 0.3 is 0 Å². The third kappa shape index (κ3) is 3.53. The van der Waals surface area contributed by atoms with Crippen molar-refractivity contribution < 1.29 is 0 Å². The summed E-state index contributed by atoms with van der Waals surface area (Å²) in [5, 5.41) is 0. The molecular weight excluding hydrogens is 304 g/mol. The van der Waals surface area contributed by atoms with Crippen LogP contribution in [-0.4, -0.2) is 0 Å². The fourth-order valence-electron chi connectivity index (χ4n) is 4.17. The van der Waals surface area contributed by atoms with Crippen molar-refractivity contribution in [3.8, 4) is 0 Å². The van der Waals surface area contributed by atoms with Crippen molar-refractivity contribution in [2.24, 2.45) is 0 Å². The van der Waals surface area contributed by atoms with Crippen LogP contribution in [0.3, 0.4) is 0 Å². The number of rotatable bonds is 7. The second-order valence-corrected chi connectivity index (χ2v) is 6.79. The average Bonchev–Trinajstić information content (AvgIpc) is 2.63. The number of benzene rings is 2. The molecule has 0 saturated carbocycles. The number of nitrogen functional groups attached to an aromatic ring is 2. The summed E-state index contributed by atoms with van der Waals surface area (Å²) < 4.78 is 0. The Bertz CT molecular complexity index is 670. The smallest absolute Gasteiger partial charge is 0.0388 e. The predicted molar refractivity (Wildman–Crippen MR) is 111 cm³/mol. The van der Waals surface area contributed by atoms with E-state index in [1.54, 1.807) is 0 Å². The minimum Gasteiger partial charge on any atom is -0.398 e. The third-order valence-electron chi connectivity index (χ3n) is 5.60. The fourth-order valence-corrected chi connectivity index (χ4v) is 4.17. The van der Waals surface area contributed by atoms with E-state index in [4.69, 9.17) is 11.5 Å². The van der Waals surface area contributed by atoms with E-state index in [1.807, 2.05) is 0 Å². The first-order valence-electron chi connectivity index (χ1n) is 9.83. The maximum absolute atomic E-state index is 6.62. The minimum atomic E-state index is 0.257. The molecule has 2 aromatic rings. The van der Waals surface area contributed by atoms with Gasteiger partial charge in [-0.05, 0) is 65.5 Å². The Morgan fingerprint density at radius 2 is 1.04 bits per heavy atom. The Hall–Kier alpha value is -1.96. The van der Waals surface area contributed by atoms with Gasteiger partial charge in [0.25, 0.3) is 0 Å². The zero-order valence-electron chi connectivity index (χ0n) is 16.6. The summed E-state index contributed by atoms with van der Waals surface area (Å²) in [5.74, 6) is 0.257. The van der Waals surface area contributed by atoms with Gasteiger partial charge in [-0.1, -0.05) is 58.9 Å². The first-order valence-corrected chi connectivity index (χ1v) is 9.83. The van der Waals surface area contributed by atoms with Crippen LogP contribution in [-0.2, 0) is 25.7 Å². The molecule has 2 aromatic carbocycles. The summed E-state index contributed by atoms with van der Waals surface area (Å²) in [6, 6.07) is 8.95. The van der Waals surface area contributed by atoms with E-state index in [0.717, 1.165) is 43.5 Å². The van der Waals surface area contributed by atoms with Gasteiger partial charge in [-0.2, -0.15) is 0 Å². The quantitative estimate of drug-likeness (QED) is 0.642. The van der Waals surface area contributed by atoms with E-state index in [9.17, 15) is 0 Å². The number of aryl methyl sites for hydroxylation is 2. The normalized spacial score (nSPS) is 11.3. The molecule has 0 spiro atoms. The van der Waals surface area contributed by atoms with Gasteiger partial charge < -0.3 is 11.5 Å². The summed E-state index contributed by atoms with van der Waals surface area (Å²) in [6.45, 7) is 11.0. The van der Waals surface area contributed by atoms with Gasteiger partial charge in [-0.25, -0.2) is 0 Å². The molecule has 0 aromatic heterocycles. The monoisotopic (exact) mass is 338 g/mol. The van der Waals surface area contributed by atoms with Crippen molar-refractivity contribution in [2.45, 2.75) is 72.6 Å². The second-order valence-electron chi connectivity index (χ2n) is 6.79. The fraction of sp³-hybridized carbons (Fsp3) is 0.478. The summed E-state index contributed by atoms with van der Waals surface area (Å²) in [6.07, 6.45) is 5.00. The molecule has 0 aliphatic heterocycles. The molecule has 136 valence electrons. The van der Waals surface area contributed by atoms with Crippen LogP contribution < -0.4 is 11.5 Å². The topological polar surface area (TPSA) is 52.0 Å². The number of hydrogen-bond acceptors (Lipinski definition) is 2. The summed E-state index contributed by atoms with van der Waals surface area (Å²) in [7, 11) is 0. The number of nitrogens with two attached hydrogens (primary N) is 2. The zero-order valence-corrected chi connectivity index (χ0v) is 16.6. The average molecular weight is 339 g/mol. The third-order valence-corrected chi connectivity index (χ3v) is 5.60. The Kier molecular flexibility index (Phi) is 6.52. The molecule has 0 amide bonds. The molecule has 4 N–H and O–H groups in total. The largest absolute Gasteiger partial charge is 0.398 e. The van der Waals surface area contributed by atoms with Crippen molar-refractivity contribution >= 4 is 11.4 Å². The van der Waals surface area contributed by atoms with E-state index in [1.165, 1.54) is 33.4 Å². The van der Waals surface area contributed by atoms with Crippen LogP contribution in [0.2, 0.25) is 0 Å². The highest BCUT2D eigenvalue weighted by atomic mass is 14.6. The van der Waals surface area contributed by atoms with Crippen LogP contribution in [0.25, 0.3) is 0 Å². The van der Waals surface area contributed by atoms with Crippen LogP contribution in [0, 0.1) is 0 Å². The van der Waals surface area contributed by atoms with E-state index in [2.05, 4.69) is 58.9 Å². The van der Waals surface area contributed by atoms with E-state index in [-0.39, 0.29) is 5.92 Å². The van der Waals surface area contributed by atoms with E-state index < -0.39 is 0 Å². The molecule has 2 nitrogen and oxygen atoms in total. The maximum Gasteiger partial charge on any atom is 0.0388 e. The van der Waals surface area contributed by atoms with Crippen molar-refractivity contribution in [2.75, 3.05) is 11.5 Å². The molecule has 25 heavy (non-hydrogen) atoms. The SMILES string of the molecule is CCc1ccc(C(CC)c2ccc(CC)c(CC)c2N)c(N)c1CC. The summed E-state index contributed by atoms with van der Waals surface area (Å²) in [5.41, 5.74) is 23.0. The first kappa shape index (κ1) is 19.4. The lowest BCUT2D eigenvalue weighted by Crippen LogP contribution is -2.11. The predicted octanol–water partition coefficient (Wildman–Crippen LogP) is 5.64. The second kappa shape index (κ2) is 8.42. The molecule has 0 fully saturated rings. The van der Waals surface area contributed by atoms with Crippen LogP contribution in [0.15, 0.2) is 24.3 Å². The lowest BCUT2D eigenvalue weighted by molar-refractivity contribution is 0.776. The molecule has 0 bridgehead atoms. The zero-order chi connectivity index (χ0) is 18.6. The minimum absolute atomic E-state index is 0.257. The molecule has 0 aliphatic carbocycles. The van der Waals surface area contributed by atoms with Crippen LogP contribution in [0.5, 0.6) is 0 Å². The highest BCUT2D eigenvalue weighted by molar-refractivity contribution is 5.65. The van der Waals surface area contributed by atoms with Crippen molar-refractivity contribution in [1.82, 2.24) is 0 Å². The van der Waals surface area contributed by atoms with Crippen LogP contribution in [0.4, 0.5) is 11.4 Å². The number of anilines is 2. The van der Waals surface area contributed by atoms with E-state index >= 15 is 0 Å². The van der Waals surface area contributed by atoms with Crippen LogP contribution >= 0.6 is 0 Å². The Labute approximate surface area is 153 Å². The number of hydrogen-bond donors (Lipinski definition) is 2. The molecule has 2 rings (SSSR count). The van der Waals surface area contributed by atoms with Gasteiger partial charge in [0.05, 0.1) is 0 Å². The van der Waals surface area contributed by atoms with Crippen molar-refractivity contribution in [3.05, 3.63) is 57.6 Å². The van der Waals surface area contributed by atoms with Gasteiger partial charge in [0.15, 0.2) is 0 Å². The first-order chi connectivity index (χ1) is 12.0. The lowest BCUT2D eigenvalue weighted by atomic mass is 9.82. The Morgan fingerprint density at radius 3 is 1.32 bits per heavy atom. The summed E-state index contributed by atoms with van der Waals surface area (Å²) in [4.78, 5) is 0. The van der Waals surface area contributed by atoms with Gasteiger partial charge in [-0.3, -0.25) is 0 Å². The molecule has 0 aliphatic rings. The van der Waals surface area contributed by atoms with Gasteiger partial charge in [0.2, 0.25) is 0 Å². The molecule has 0 atom stereocenters. The Balaban J connectivity index is 2.62. The van der Waals surface area contributed by atoms with E-state index in [0.29, 0.717) is 0 Å². The molecular formula is C23H34N2. The molecule has 0 saturated heterocycles. The standard InChI is InChI=1S/C23H34N2/c1-6-15-11-13-20(22(24)17(15)8-3)19(10-5)21-14-12-16(7-2)18(9-4)23(21)25/h11-14,19H,6-10,24-25H2,1-5H3. The maximum atomic E-state index is 6.62. The Morgan fingerprint density at radius 1 is 0.640 bits per heavy atom. The molecule has 0 radical (unpaired) electrons. The van der Waals surface area contributed by atoms with Gasteiger partial charge in [-0.15, -0.1) is 0 Å². The van der Waals surface area contributed by atoms with Gasteiger partial charge in [0.1, 0.15) is 0 Å². The van der Waals surface area contributed by atoms with Gasteiger partial charge in [0, 0.05) is 17.3 Å². The summed E-state index contributed by atoms with van der Waals surface area (Å²) >= 11 is 0. The van der Waals surface area contributed by atoms with Crippen LogP contribution in [0.1, 0.15) is 80.3 Å². The molecule has 0 unspecified atom stereocenters. The van der Waals surface area contributed by atoms with Crippen molar-refractivity contribution in [1.29, 1.82) is 0 Å². The molecule has 2 heteroatoms. The highest BCUT2D eigenvalue weighted by Crippen LogP contribution is 2.39.